The molecule has 20 heteroatoms. The van der Waals surface area contributed by atoms with Crippen LogP contribution in [0.3, 0.4) is 0 Å². The standard InChI is InChI=1S/C61H75FN10O8S/c1-38(2)44-8-6-7-9-45(44)51-36-70(35-40-16-23-63-58-54(40)66-37-61(80-58)19-20-61)26-27-72(51)42-31-60(32-42)21-24-71(25-22-60)41-10-11-46(52(28-41)79-53-30-47-48(62)12-13-49(47)67-57(53)78-5)56(73)68-81(76,77)43-29-50(69(4)75)55(65-34-43)64-33-39-14-17-59(3,74)18-15-39/h6-12,16,23,28-30,34,38-39,42,51,66,69,74H,13-15,17-22,24-27,31-33,35-37H2,1-5H3,(H,64,65)(H,68,73)/t39-,51-,59-/m0/s1. The fourth-order valence-electron chi connectivity index (χ4n) is 13.4. The minimum absolute atomic E-state index is 0.0184. The van der Waals surface area contributed by atoms with Crippen molar-refractivity contribution < 1.29 is 42.0 Å². The van der Waals surface area contributed by atoms with Crippen molar-refractivity contribution >= 4 is 44.6 Å². The molecule has 3 aromatic heterocycles. The molecule has 0 bridgehead atoms. The number of carbonyl (C=O) groups excluding carboxylic acids is 1. The Hall–Kier alpha value is -6.42. The highest BCUT2D eigenvalue weighted by atomic mass is 32.2. The van der Waals surface area contributed by atoms with E-state index in [1.807, 2.05) is 13.1 Å². The van der Waals surface area contributed by atoms with Crippen molar-refractivity contribution in [1.29, 1.82) is 0 Å². The summed E-state index contributed by atoms with van der Waals surface area (Å²) in [6.07, 6.45) is 13.9. The van der Waals surface area contributed by atoms with Crippen LogP contribution in [-0.4, -0.2) is 121 Å². The molecule has 7 aliphatic rings. The molecule has 3 saturated carbocycles. The first-order valence-electron chi connectivity index (χ1n) is 28.9. The number of methoxy groups -OCH3 is 1. The number of aromatic nitrogens is 3. The highest BCUT2D eigenvalue weighted by Crippen LogP contribution is 2.54. The smallest absolute Gasteiger partial charge is 0.268 e. The van der Waals surface area contributed by atoms with Crippen LogP contribution < -0.4 is 39.5 Å². The molecule has 18 nitrogen and oxygen atoms in total. The van der Waals surface area contributed by atoms with E-state index in [-0.39, 0.29) is 74.3 Å². The Morgan fingerprint density at radius 2 is 1.78 bits per heavy atom. The number of hydrogen-bond donors (Lipinski definition) is 5. The number of hydroxylamine groups is 1. The number of allylic oxidation sites excluding steroid dienone is 1. The number of hydrogen-bond acceptors (Lipinski definition) is 16. The number of carbonyl (C=O) groups is 1. The minimum Gasteiger partial charge on any atom is -0.629 e. The molecule has 5 aromatic rings. The van der Waals surface area contributed by atoms with Crippen LogP contribution in [0.4, 0.5) is 27.3 Å². The van der Waals surface area contributed by atoms with E-state index in [0.717, 1.165) is 121 Å². The van der Waals surface area contributed by atoms with Gasteiger partial charge in [-0.2, -0.15) is 0 Å². The first-order chi connectivity index (χ1) is 38.9. The van der Waals surface area contributed by atoms with Crippen LogP contribution >= 0.6 is 0 Å². The number of piperidine rings is 1. The van der Waals surface area contributed by atoms with Crippen molar-refractivity contribution in [1.82, 2.24) is 29.5 Å². The number of anilines is 3. The van der Waals surface area contributed by atoms with E-state index in [1.54, 1.807) is 12.1 Å². The lowest BCUT2D eigenvalue weighted by atomic mass is 9.59. The number of piperazine rings is 1. The zero-order chi connectivity index (χ0) is 56.4. The van der Waals surface area contributed by atoms with E-state index in [9.17, 15) is 23.5 Å². The molecule has 1 amide bonds. The van der Waals surface area contributed by atoms with E-state index in [0.29, 0.717) is 37.0 Å². The summed E-state index contributed by atoms with van der Waals surface area (Å²) in [7, 11) is -1.84. The Morgan fingerprint density at radius 1 is 1.00 bits per heavy atom. The summed E-state index contributed by atoms with van der Waals surface area (Å²) in [5.74, 6) is 0.302. The molecule has 1 unspecified atom stereocenters. The SMILES string of the molecule is COc1nc2c(cc1Oc1cc(N3CCC4(CC3)CC(N3CCN(Cc5ccnc6c5NCC5(CC5)O6)C[C@H]3c3ccccc3C(C)C)C4)ccc1C(=O)NS(=O)(=O)c1cnc(NC[C@H]3CC[C@](C)(O)CC3)c([NH+](C)[O-])c1)C(F)=CC2. The molecule has 0 radical (unpaired) electrons. The van der Waals surface area contributed by atoms with Gasteiger partial charge in [-0.15, -0.1) is 0 Å². The molecule has 2 saturated heterocycles. The summed E-state index contributed by atoms with van der Waals surface area (Å²) in [5, 5.41) is 29.8. The Balaban J connectivity index is 0.750. The van der Waals surface area contributed by atoms with Gasteiger partial charge >= 0.3 is 0 Å². The highest BCUT2D eigenvalue weighted by molar-refractivity contribution is 7.90. The lowest BCUT2D eigenvalue weighted by molar-refractivity contribution is -0.751. The van der Waals surface area contributed by atoms with Crippen molar-refractivity contribution in [2.45, 2.75) is 132 Å². The van der Waals surface area contributed by atoms with Gasteiger partial charge in [0, 0.05) is 93.9 Å². The average molecular weight is 1130 g/mol. The van der Waals surface area contributed by atoms with E-state index in [4.69, 9.17) is 14.2 Å². The van der Waals surface area contributed by atoms with Gasteiger partial charge in [-0.25, -0.2) is 32.5 Å². The second-order valence-corrected chi connectivity index (χ2v) is 26.2. The number of nitrogens with zero attached hydrogens (tertiary/aromatic N) is 6. The number of quaternary nitrogens is 1. The average Bonchev–Trinajstić information content (AvgIpc) is 4.29. The number of sulfonamides is 1. The Labute approximate surface area is 474 Å². The van der Waals surface area contributed by atoms with E-state index < -0.39 is 32.4 Å². The zero-order valence-corrected chi connectivity index (χ0v) is 47.8. The zero-order valence-electron chi connectivity index (χ0n) is 47.0. The minimum atomic E-state index is -4.59. The maximum atomic E-state index is 15.0. The van der Waals surface area contributed by atoms with E-state index in [1.165, 1.54) is 55.1 Å². The summed E-state index contributed by atoms with van der Waals surface area (Å²) in [5.41, 5.74) is 5.92. The number of fused-ring (bicyclic) bond motifs is 2. The number of ether oxygens (including phenoxy) is 3. The summed E-state index contributed by atoms with van der Waals surface area (Å²) in [4.78, 5) is 35.1. The Morgan fingerprint density at radius 3 is 2.52 bits per heavy atom. The maximum absolute atomic E-state index is 15.0. The monoisotopic (exact) mass is 1130 g/mol. The van der Waals surface area contributed by atoms with Crippen LogP contribution in [0.1, 0.15) is 135 Å². The van der Waals surface area contributed by atoms with Crippen molar-refractivity contribution in [3.63, 3.8) is 0 Å². The molecule has 6 heterocycles. The second-order valence-electron chi connectivity index (χ2n) is 24.5. The number of rotatable bonds is 16. The first kappa shape index (κ1) is 55.1. The van der Waals surface area contributed by atoms with Crippen molar-refractivity contribution in [3.8, 4) is 23.3 Å². The van der Waals surface area contributed by atoms with Crippen LogP contribution in [0.25, 0.3) is 5.83 Å². The fourth-order valence-corrected chi connectivity index (χ4v) is 14.3. The number of aliphatic hydroxyl groups is 1. The molecular formula is C61H75FN10O8S. The van der Waals surface area contributed by atoms with Gasteiger partial charge < -0.3 is 45.1 Å². The molecule has 12 rings (SSSR count). The number of nitrogens with one attached hydrogen (secondary N) is 4. The molecule has 2 spiro atoms. The van der Waals surface area contributed by atoms with Gasteiger partial charge in [-0.3, -0.25) is 14.6 Å². The van der Waals surface area contributed by atoms with Crippen molar-refractivity contribution in [2.75, 3.05) is 75.5 Å². The van der Waals surface area contributed by atoms with Gasteiger partial charge in [0.15, 0.2) is 17.3 Å². The van der Waals surface area contributed by atoms with Gasteiger partial charge in [-0.05, 0) is 135 Å². The number of pyridine rings is 3. The van der Waals surface area contributed by atoms with Crippen LogP contribution in [0.15, 0.2) is 84.0 Å². The predicted octanol–water partition coefficient (Wildman–Crippen LogP) is 8.42. The van der Waals surface area contributed by atoms with Crippen LogP contribution in [0, 0.1) is 16.5 Å². The molecule has 5 fully saturated rings. The maximum Gasteiger partial charge on any atom is 0.268 e. The molecular weight excluding hydrogens is 1050 g/mol. The summed E-state index contributed by atoms with van der Waals surface area (Å²) >= 11 is 0. The Kier molecular flexibility index (Phi) is 14.8. The molecule has 5 N–H and O–H groups in total. The van der Waals surface area contributed by atoms with Gasteiger partial charge in [0.05, 0.1) is 43.8 Å². The first-order valence-corrected chi connectivity index (χ1v) is 30.4. The second kappa shape index (κ2) is 21.7. The largest absolute Gasteiger partial charge is 0.629 e. The van der Waals surface area contributed by atoms with Gasteiger partial charge in [0.25, 0.3) is 21.8 Å². The highest BCUT2D eigenvalue weighted by Gasteiger charge is 2.51. The fraction of sp³-hybridized carbons (Fsp3) is 0.508. The third kappa shape index (κ3) is 11.3. The topological polar surface area (TPSA) is 211 Å². The van der Waals surface area contributed by atoms with Crippen molar-refractivity contribution in [3.05, 3.63) is 118 Å². The number of benzene rings is 2. The molecule has 3 aliphatic heterocycles. The molecule has 2 atom stereocenters. The summed E-state index contributed by atoms with van der Waals surface area (Å²) < 4.78 is 63.8. The van der Waals surface area contributed by atoms with Crippen LogP contribution in [0.2, 0.25) is 0 Å². The number of amides is 1. The quantitative estimate of drug-likeness (QED) is 0.0587. The van der Waals surface area contributed by atoms with E-state index >= 15 is 4.39 Å². The summed E-state index contributed by atoms with van der Waals surface area (Å²) in [6, 6.07) is 19.6. The van der Waals surface area contributed by atoms with Gasteiger partial charge in [0.2, 0.25) is 5.88 Å². The molecule has 81 heavy (non-hydrogen) atoms. The Bertz CT molecular complexity index is 3350. The predicted molar refractivity (Wildman–Crippen MR) is 307 cm³/mol. The van der Waals surface area contributed by atoms with E-state index in [2.05, 4.69) is 89.2 Å². The van der Waals surface area contributed by atoms with Crippen LogP contribution in [0.5, 0.6) is 23.3 Å². The molecule has 2 aromatic carbocycles. The molecule has 4 aliphatic carbocycles. The summed E-state index contributed by atoms with van der Waals surface area (Å²) in [6.45, 7) is 12.9. The van der Waals surface area contributed by atoms with Crippen LogP contribution in [-0.2, 0) is 23.0 Å². The van der Waals surface area contributed by atoms with Crippen molar-refractivity contribution in [2.24, 2.45) is 11.3 Å². The number of halogens is 1. The lowest BCUT2D eigenvalue weighted by Gasteiger charge is -2.58. The van der Waals surface area contributed by atoms with Gasteiger partial charge in [0.1, 0.15) is 27.8 Å². The normalized spacial score (nSPS) is 23.6. The van der Waals surface area contributed by atoms with Gasteiger partial charge in [-0.1, -0.05) is 38.1 Å². The third-order valence-electron chi connectivity index (χ3n) is 18.5. The molecule has 430 valence electrons. The third-order valence-corrected chi connectivity index (χ3v) is 19.8. The lowest BCUT2D eigenvalue weighted by Crippen LogP contribution is -2.98.